The average Bonchev–Trinajstić information content (AvgIpc) is 2.36. The zero-order valence-electron chi connectivity index (χ0n) is 10.7. The first-order chi connectivity index (χ1) is 8.60. The first kappa shape index (κ1) is 16.1. The van der Waals surface area contributed by atoms with Gasteiger partial charge in [0.15, 0.2) is 0 Å². The van der Waals surface area contributed by atoms with Crippen molar-refractivity contribution in [2.45, 2.75) is 26.7 Å². The van der Waals surface area contributed by atoms with Crippen molar-refractivity contribution < 1.29 is 23.9 Å². The van der Waals surface area contributed by atoms with E-state index >= 15 is 0 Å². The molecule has 0 radical (unpaired) electrons. The quantitative estimate of drug-likeness (QED) is 0.390. The molecular formula is C12H19NO5. The van der Waals surface area contributed by atoms with Crippen LogP contribution in [0.2, 0.25) is 0 Å². The first-order valence-electron chi connectivity index (χ1n) is 5.88. The van der Waals surface area contributed by atoms with Crippen LogP contribution in [0.25, 0.3) is 0 Å². The molecule has 6 heteroatoms. The predicted octanol–water partition coefficient (Wildman–Crippen LogP) is 0.565. The summed E-state index contributed by atoms with van der Waals surface area (Å²) in [4.78, 5) is 32.8. The Morgan fingerprint density at radius 1 is 1.06 bits per heavy atom. The predicted molar refractivity (Wildman–Crippen MR) is 64.6 cm³/mol. The Kier molecular flexibility index (Phi) is 9.25. The molecule has 0 unspecified atom stereocenters. The number of hydrogen-bond donors (Lipinski definition) is 1. The second kappa shape index (κ2) is 10.3. The van der Waals surface area contributed by atoms with Crippen LogP contribution < -0.4 is 5.32 Å². The maximum Gasteiger partial charge on any atom is 0.331 e. The molecule has 0 aliphatic heterocycles. The SMILES string of the molecule is CCOC(=O)/C=C/C(=O)OCCCNC(=O)CC. The Morgan fingerprint density at radius 3 is 2.22 bits per heavy atom. The second-order valence-corrected chi connectivity index (χ2v) is 3.31. The van der Waals surface area contributed by atoms with E-state index in [1.165, 1.54) is 0 Å². The Hall–Kier alpha value is -1.85. The molecule has 0 fully saturated rings. The average molecular weight is 257 g/mol. The molecule has 0 aromatic heterocycles. The van der Waals surface area contributed by atoms with Gasteiger partial charge in [-0.05, 0) is 13.3 Å². The minimum Gasteiger partial charge on any atom is -0.463 e. The van der Waals surface area contributed by atoms with Gasteiger partial charge in [0.25, 0.3) is 0 Å². The summed E-state index contributed by atoms with van der Waals surface area (Å²) in [6.07, 6.45) is 3.00. The van der Waals surface area contributed by atoms with Gasteiger partial charge in [-0.15, -0.1) is 0 Å². The normalized spacial score (nSPS) is 10.1. The molecular weight excluding hydrogens is 238 g/mol. The molecule has 0 aromatic rings. The van der Waals surface area contributed by atoms with Gasteiger partial charge in [-0.25, -0.2) is 9.59 Å². The lowest BCUT2D eigenvalue weighted by Gasteiger charge is -2.03. The van der Waals surface area contributed by atoms with Crippen LogP contribution in [0.3, 0.4) is 0 Å². The van der Waals surface area contributed by atoms with E-state index in [1.54, 1.807) is 13.8 Å². The molecule has 18 heavy (non-hydrogen) atoms. The van der Waals surface area contributed by atoms with Crippen molar-refractivity contribution in [1.29, 1.82) is 0 Å². The summed E-state index contributed by atoms with van der Waals surface area (Å²) in [5, 5.41) is 2.65. The number of carbonyl (C=O) groups excluding carboxylic acids is 3. The highest BCUT2D eigenvalue weighted by atomic mass is 16.5. The van der Waals surface area contributed by atoms with E-state index in [0.717, 1.165) is 12.2 Å². The van der Waals surface area contributed by atoms with Crippen molar-refractivity contribution in [3.05, 3.63) is 12.2 Å². The molecule has 0 aliphatic carbocycles. The molecule has 0 atom stereocenters. The molecule has 0 rings (SSSR count). The van der Waals surface area contributed by atoms with Gasteiger partial charge in [-0.1, -0.05) is 6.92 Å². The van der Waals surface area contributed by atoms with Crippen molar-refractivity contribution in [1.82, 2.24) is 5.32 Å². The maximum atomic E-state index is 11.1. The van der Waals surface area contributed by atoms with E-state index in [4.69, 9.17) is 4.74 Å². The first-order valence-corrected chi connectivity index (χ1v) is 5.88. The van der Waals surface area contributed by atoms with Crippen molar-refractivity contribution in [2.75, 3.05) is 19.8 Å². The minimum absolute atomic E-state index is 0.0384. The fourth-order valence-corrected chi connectivity index (χ4v) is 0.972. The summed E-state index contributed by atoms with van der Waals surface area (Å²) in [6, 6.07) is 0. The minimum atomic E-state index is -0.607. The lowest BCUT2D eigenvalue weighted by atomic mass is 10.4. The van der Waals surface area contributed by atoms with Crippen LogP contribution in [-0.4, -0.2) is 37.6 Å². The molecule has 0 saturated heterocycles. The molecule has 0 aromatic carbocycles. The van der Waals surface area contributed by atoms with E-state index in [0.29, 0.717) is 19.4 Å². The third kappa shape index (κ3) is 9.38. The highest BCUT2D eigenvalue weighted by molar-refractivity contribution is 5.91. The summed E-state index contributed by atoms with van der Waals surface area (Å²) in [5.41, 5.74) is 0. The zero-order chi connectivity index (χ0) is 13.8. The van der Waals surface area contributed by atoms with Crippen molar-refractivity contribution >= 4 is 17.8 Å². The molecule has 1 amide bonds. The third-order valence-electron chi connectivity index (χ3n) is 1.85. The van der Waals surface area contributed by atoms with Crippen molar-refractivity contribution in [2.24, 2.45) is 0 Å². The summed E-state index contributed by atoms with van der Waals surface area (Å²) in [7, 11) is 0. The number of amides is 1. The zero-order valence-corrected chi connectivity index (χ0v) is 10.7. The lowest BCUT2D eigenvalue weighted by molar-refractivity contribution is -0.140. The van der Waals surface area contributed by atoms with E-state index in [1.807, 2.05) is 0 Å². The molecule has 0 heterocycles. The third-order valence-corrected chi connectivity index (χ3v) is 1.85. The van der Waals surface area contributed by atoms with Crippen LogP contribution in [0.4, 0.5) is 0 Å². The standard InChI is InChI=1S/C12H19NO5/c1-3-10(14)13-8-5-9-18-12(16)7-6-11(15)17-4-2/h6-7H,3-5,8-9H2,1-2H3,(H,13,14)/b7-6+. The van der Waals surface area contributed by atoms with Crippen LogP contribution in [0.5, 0.6) is 0 Å². The fourth-order valence-electron chi connectivity index (χ4n) is 0.972. The van der Waals surface area contributed by atoms with Gasteiger partial charge >= 0.3 is 11.9 Å². The summed E-state index contributed by atoms with van der Waals surface area (Å²) < 4.78 is 9.39. The number of ether oxygens (including phenoxy) is 2. The highest BCUT2D eigenvalue weighted by Gasteiger charge is 2.00. The Balaban J connectivity index is 3.59. The molecule has 102 valence electrons. The summed E-state index contributed by atoms with van der Waals surface area (Å²) >= 11 is 0. The van der Waals surface area contributed by atoms with E-state index in [2.05, 4.69) is 10.1 Å². The van der Waals surface area contributed by atoms with Gasteiger partial charge in [0, 0.05) is 25.1 Å². The Bertz CT molecular complexity index is 312. The van der Waals surface area contributed by atoms with Gasteiger partial charge in [0.2, 0.25) is 5.91 Å². The van der Waals surface area contributed by atoms with E-state index in [-0.39, 0.29) is 19.1 Å². The number of hydrogen-bond acceptors (Lipinski definition) is 5. The van der Waals surface area contributed by atoms with E-state index < -0.39 is 11.9 Å². The number of esters is 2. The summed E-state index contributed by atoms with van der Waals surface area (Å²) in [6.45, 7) is 4.34. The van der Waals surface area contributed by atoms with Crippen LogP contribution in [0.1, 0.15) is 26.7 Å². The van der Waals surface area contributed by atoms with E-state index in [9.17, 15) is 14.4 Å². The number of carbonyl (C=O) groups is 3. The molecule has 1 N–H and O–H groups in total. The molecule has 0 bridgehead atoms. The smallest absolute Gasteiger partial charge is 0.331 e. The van der Waals surface area contributed by atoms with Gasteiger partial charge < -0.3 is 14.8 Å². The van der Waals surface area contributed by atoms with Crippen LogP contribution >= 0.6 is 0 Å². The van der Waals surface area contributed by atoms with Crippen LogP contribution in [-0.2, 0) is 23.9 Å². The largest absolute Gasteiger partial charge is 0.463 e. The molecule has 0 saturated carbocycles. The van der Waals surface area contributed by atoms with Gasteiger partial charge in [-0.3, -0.25) is 4.79 Å². The van der Waals surface area contributed by atoms with Crippen molar-refractivity contribution in [3.8, 4) is 0 Å². The lowest BCUT2D eigenvalue weighted by Crippen LogP contribution is -2.24. The van der Waals surface area contributed by atoms with Gasteiger partial charge in [0.1, 0.15) is 0 Å². The number of nitrogens with one attached hydrogen (secondary N) is 1. The maximum absolute atomic E-state index is 11.1. The van der Waals surface area contributed by atoms with Crippen LogP contribution in [0, 0.1) is 0 Å². The van der Waals surface area contributed by atoms with Gasteiger partial charge in [-0.2, -0.15) is 0 Å². The monoisotopic (exact) mass is 257 g/mol. The number of rotatable bonds is 8. The molecule has 0 spiro atoms. The topological polar surface area (TPSA) is 81.7 Å². The van der Waals surface area contributed by atoms with Crippen molar-refractivity contribution in [3.63, 3.8) is 0 Å². The molecule has 0 aliphatic rings. The van der Waals surface area contributed by atoms with Crippen LogP contribution in [0.15, 0.2) is 12.2 Å². The summed E-state index contributed by atoms with van der Waals surface area (Å²) in [5.74, 6) is -1.22. The van der Waals surface area contributed by atoms with Gasteiger partial charge in [0.05, 0.1) is 13.2 Å². The second-order valence-electron chi connectivity index (χ2n) is 3.31. The Labute approximate surface area is 106 Å². The Morgan fingerprint density at radius 2 is 1.67 bits per heavy atom. The highest BCUT2D eigenvalue weighted by Crippen LogP contribution is 1.88. The fraction of sp³-hybridized carbons (Fsp3) is 0.583. The molecule has 6 nitrogen and oxygen atoms in total.